The van der Waals surface area contributed by atoms with Gasteiger partial charge in [0.15, 0.2) is 5.60 Å². The molecule has 2 atom stereocenters. The first-order valence-corrected chi connectivity index (χ1v) is 11.3. The predicted molar refractivity (Wildman–Crippen MR) is 110 cm³/mol. The quantitative estimate of drug-likeness (QED) is 0.649. The molecule has 13 heteroatoms. The van der Waals surface area contributed by atoms with Crippen molar-refractivity contribution in [2.24, 2.45) is 0 Å². The van der Waals surface area contributed by atoms with Gasteiger partial charge >= 0.3 is 6.18 Å². The van der Waals surface area contributed by atoms with Crippen LogP contribution >= 0.6 is 11.3 Å². The Hall–Kier alpha value is -2.40. The van der Waals surface area contributed by atoms with Gasteiger partial charge in [-0.2, -0.15) is 17.5 Å². The van der Waals surface area contributed by atoms with E-state index in [1.54, 1.807) is 6.92 Å². The van der Waals surface area contributed by atoms with Crippen molar-refractivity contribution in [2.45, 2.75) is 36.0 Å². The molecular weight excluding hydrogens is 455 g/mol. The number of rotatable bonds is 4. The van der Waals surface area contributed by atoms with Crippen molar-refractivity contribution in [1.29, 1.82) is 0 Å². The second-order valence-corrected chi connectivity index (χ2v) is 10.1. The molecule has 1 aliphatic heterocycles. The number of hydrogen-bond donors (Lipinski definition) is 2. The summed E-state index contributed by atoms with van der Waals surface area (Å²) in [5.41, 5.74) is 2.78. The molecule has 31 heavy (non-hydrogen) atoms. The Kier molecular flexibility index (Phi) is 6.21. The summed E-state index contributed by atoms with van der Waals surface area (Å²) in [5, 5.41) is 17.0. The average molecular weight is 476 g/mol. The van der Waals surface area contributed by atoms with Gasteiger partial charge in [-0.25, -0.2) is 8.42 Å². The van der Waals surface area contributed by atoms with E-state index in [2.05, 4.69) is 22.0 Å². The van der Waals surface area contributed by atoms with Crippen molar-refractivity contribution in [3.63, 3.8) is 0 Å². The van der Waals surface area contributed by atoms with Crippen molar-refractivity contribution < 1.29 is 26.7 Å². The summed E-state index contributed by atoms with van der Waals surface area (Å²) in [5.74, 6) is 5.71. The van der Waals surface area contributed by atoms with E-state index in [-0.39, 0.29) is 34.7 Å². The topological polar surface area (TPSA) is 113 Å². The number of alkyl halides is 3. The zero-order chi connectivity index (χ0) is 23.0. The van der Waals surface area contributed by atoms with Crippen LogP contribution in [-0.4, -0.2) is 59.9 Å². The molecule has 1 aromatic carbocycles. The SMILES string of the molecule is CC#CC1CN(S(=O)(=O)c2nnc(N)s2)CCN1c1ccc(C(C)(O)C(F)(F)F)cc1. The van der Waals surface area contributed by atoms with Gasteiger partial charge in [-0.1, -0.05) is 29.4 Å². The predicted octanol–water partition coefficient (Wildman–Crippen LogP) is 1.79. The Morgan fingerprint density at radius 1 is 1.23 bits per heavy atom. The molecule has 1 saturated heterocycles. The zero-order valence-electron chi connectivity index (χ0n) is 16.6. The lowest BCUT2D eigenvalue weighted by Gasteiger charge is -2.39. The van der Waals surface area contributed by atoms with Crippen LogP contribution in [0.25, 0.3) is 0 Å². The number of hydrogen-bond acceptors (Lipinski definition) is 8. The lowest BCUT2D eigenvalue weighted by molar-refractivity contribution is -0.258. The van der Waals surface area contributed by atoms with Gasteiger partial charge in [0.2, 0.25) is 9.47 Å². The van der Waals surface area contributed by atoms with Crippen LogP contribution < -0.4 is 10.6 Å². The number of sulfonamides is 1. The van der Waals surface area contributed by atoms with Crippen LogP contribution in [-0.2, 0) is 15.6 Å². The van der Waals surface area contributed by atoms with Crippen molar-refractivity contribution in [3.05, 3.63) is 29.8 Å². The van der Waals surface area contributed by atoms with Gasteiger partial charge < -0.3 is 15.7 Å². The van der Waals surface area contributed by atoms with Crippen molar-refractivity contribution in [1.82, 2.24) is 14.5 Å². The summed E-state index contributed by atoms with van der Waals surface area (Å²) in [6.07, 6.45) is -4.82. The monoisotopic (exact) mass is 475 g/mol. The molecule has 2 heterocycles. The van der Waals surface area contributed by atoms with Gasteiger partial charge in [-0.05, 0) is 31.5 Å². The number of nitrogens with zero attached hydrogens (tertiary/aromatic N) is 4. The van der Waals surface area contributed by atoms with E-state index < -0.39 is 27.8 Å². The molecule has 3 N–H and O–H groups in total. The van der Waals surface area contributed by atoms with Crippen molar-refractivity contribution in [2.75, 3.05) is 30.3 Å². The summed E-state index contributed by atoms with van der Waals surface area (Å²) in [6, 6.07) is 4.77. The molecular formula is C18H20F3N5O3S2. The minimum absolute atomic E-state index is 0.0324. The van der Waals surface area contributed by atoms with Crippen LogP contribution in [0, 0.1) is 11.8 Å². The van der Waals surface area contributed by atoms with Crippen LogP contribution in [0.2, 0.25) is 0 Å². The number of benzene rings is 1. The van der Waals surface area contributed by atoms with Gasteiger partial charge in [-0.3, -0.25) is 0 Å². The number of nitrogen functional groups attached to an aromatic ring is 1. The highest BCUT2D eigenvalue weighted by Crippen LogP contribution is 2.39. The number of piperazine rings is 1. The van der Waals surface area contributed by atoms with E-state index in [1.165, 1.54) is 28.6 Å². The molecule has 0 radical (unpaired) electrons. The molecule has 1 aliphatic rings. The number of halogens is 3. The molecule has 1 fully saturated rings. The molecule has 0 aliphatic carbocycles. The molecule has 8 nitrogen and oxygen atoms in total. The van der Waals surface area contributed by atoms with Crippen LogP contribution in [0.4, 0.5) is 24.0 Å². The van der Waals surface area contributed by atoms with E-state index >= 15 is 0 Å². The first kappa shape index (κ1) is 23.3. The first-order valence-electron chi connectivity index (χ1n) is 9.05. The minimum Gasteiger partial charge on any atom is -0.376 e. The highest BCUT2D eigenvalue weighted by atomic mass is 32.2. The number of aliphatic hydroxyl groups is 1. The van der Waals surface area contributed by atoms with Crippen LogP contribution in [0.15, 0.2) is 28.6 Å². The van der Waals surface area contributed by atoms with Gasteiger partial charge in [0.05, 0.1) is 0 Å². The van der Waals surface area contributed by atoms with Crippen molar-refractivity contribution >= 4 is 32.2 Å². The standard InChI is InChI=1S/C18H20F3N5O3S2/c1-3-4-14-11-25(31(28,29)16-24-23-15(22)30-16)9-10-26(14)13-7-5-12(6-8-13)17(2,27)18(19,20)21/h5-8,14,27H,9-11H2,1-2H3,(H2,22,23). The zero-order valence-corrected chi connectivity index (χ0v) is 18.2. The fourth-order valence-electron chi connectivity index (χ4n) is 3.15. The Morgan fingerprint density at radius 2 is 1.87 bits per heavy atom. The van der Waals surface area contributed by atoms with E-state index in [4.69, 9.17) is 5.73 Å². The smallest absolute Gasteiger partial charge is 0.376 e. The molecule has 1 aromatic heterocycles. The van der Waals surface area contributed by atoms with E-state index in [9.17, 15) is 26.7 Å². The summed E-state index contributed by atoms with van der Waals surface area (Å²) in [4.78, 5) is 1.81. The molecule has 3 rings (SSSR count). The third-order valence-corrected chi connectivity index (χ3v) is 7.91. The maximum absolute atomic E-state index is 13.1. The average Bonchev–Trinajstić information content (AvgIpc) is 3.15. The third kappa shape index (κ3) is 4.47. The van der Waals surface area contributed by atoms with Gasteiger partial charge in [0, 0.05) is 25.3 Å². The maximum Gasteiger partial charge on any atom is 0.421 e. The molecule has 2 unspecified atom stereocenters. The van der Waals surface area contributed by atoms with E-state index in [0.717, 1.165) is 11.3 Å². The summed E-state index contributed by atoms with van der Waals surface area (Å²) in [7, 11) is -3.89. The Balaban J connectivity index is 1.84. The molecule has 168 valence electrons. The van der Waals surface area contributed by atoms with Crippen molar-refractivity contribution in [3.8, 4) is 11.8 Å². The maximum atomic E-state index is 13.1. The second-order valence-electron chi connectivity index (χ2n) is 6.99. The van der Waals surface area contributed by atoms with E-state index in [1.807, 2.05) is 4.90 Å². The summed E-state index contributed by atoms with van der Waals surface area (Å²) >= 11 is 0.767. The molecule has 0 bridgehead atoms. The molecule has 0 amide bonds. The summed E-state index contributed by atoms with van der Waals surface area (Å²) < 4.78 is 65.9. The highest BCUT2D eigenvalue weighted by molar-refractivity contribution is 7.91. The number of anilines is 2. The van der Waals surface area contributed by atoms with Gasteiger partial charge in [0.25, 0.3) is 10.0 Å². The highest BCUT2D eigenvalue weighted by Gasteiger charge is 2.51. The first-order chi connectivity index (χ1) is 14.4. The third-order valence-electron chi connectivity index (χ3n) is 4.95. The lowest BCUT2D eigenvalue weighted by Crippen LogP contribution is -2.54. The van der Waals surface area contributed by atoms with E-state index in [0.29, 0.717) is 12.6 Å². The van der Waals surface area contributed by atoms with Gasteiger partial charge in [-0.15, -0.1) is 16.1 Å². The largest absolute Gasteiger partial charge is 0.421 e. The Labute approximate surface area is 181 Å². The van der Waals surface area contributed by atoms with Crippen LogP contribution in [0.5, 0.6) is 0 Å². The Bertz CT molecular complexity index is 1100. The summed E-state index contributed by atoms with van der Waals surface area (Å²) in [6.45, 7) is 2.70. The molecule has 0 saturated carbocycles. The second kappa shape index (κ2) is 8.27. The van der Waals surface area contributed by atoms with Crippen LogP contribution in [0.1, 0.15) is 19.4 Å². The van der Waals surface area contributed by atoms with Gasteiger partial charge in [0.1, 0.15) is 6.04 Å². The molecule has 2 aromatic rings. The normalized spacial score (nSPS) is 20.1. The fraction of sp³-hybridized carbons (Fsp3) is 0.444. The lowest BCUT2D eigenvalue weighted by atomic mass is 9.95. The van der Waals surface area contributed by atoms with Crippen LogP contribution in [0.3, 0.4) is 0 Å². The fourth-order valence-corrected chi connectivity index (χ4v) is 5.51. The Morgan fingerprint density at radius 3 is 2.39 bits per heavy atom. The molecule has 0 spiro atoms. The minimum atomic E-state index is -4.82. The number of aromatic nitrogens is 2. The number of nitrogens with two attached hydrogens (primary N) is 1.